The molecule has 2 aromatic rings. The summed E-state index contributed by atoms with van der Waals surface area (Å²) in [5.41, 5.74) is 3.28. The van der Waals surface area contributed by atoms with E-state index in [1.54, 1.807) is 0 Å². The van der Waals surface area contributed by atoms with Gasteiger partial charge in [-0.15, -0.1) is 0 Å². The van der Waals surface area contributed by atoms with Crippen molar-refractivity contribution in [2.24, 2.45) is 0 Å². The number of hydrogen-bond acceptors (Lipinski definition) is 4. The summed E-state index contributed by atoms with van der Waals surface area (Å²) in [7, 11) is 0. The van der Waals surface area contributed by atoms with Gasteiger partial charge in [-0.2, -0.15) is 4.98 Å². The molecule has 0 spiro atoms. The van der Waals surface area contributed by atoms with E-state index in [9.17, 15) is 0 Å². The van der Waals surface area contributed by atoms with Gasteiger partial charge < -0.3 is 10.1 Å². The van der Waals surface area contributed by atoms with Crippen LogP contribution in [0.2, 0.25) is 0 Å². The Labute approximate surface area is 126 Å². The van der Waals surface area contributed by atoms with Crippen LogP contribution in [0.25, 0.3) is 0 Å². The second kappa shape index (κ2) is 7.18. The zero-order chi connectivity index (χ0) is 15.2. The van der Waals surface area contributed by atoms with Crippen LogP contribution >= 0.6 is 0 Å². The molecular formula is C17H23N3O. The molecule has 1 aromatic heterocycles. The number of aromatic nitrogens is 2. The van der Waals surface area contributed by atoms with Crippen LogP contribution in [0, 0.1) is 6.92 Å². The molecule has 1 heterocycles. The van der Waals surface area contributed by atoms with Gasteiger partial charge in [0.25, 0.3) is 0 Å². The Bertz CT molecular complexity index is 596. The molecular weight excluding hydrogens is 262 g/mol. The summed E-state index contributed by atoms with van der Waals surface area (Å²) in [6.07, 6.45) is 2.81. The van der Waals surface area contributed by atoms with Crippen LogP contribution in [0.1, 0.15) is 37.6 Å². The first-order chi connectivity index (χ1) is 10.1. The lowest BCUT2D eigenvalue weighted by molar-refractivity contribution is 0.438. The second-order valence-electron chi connectivity index (χ2n) is 5.40. The monoisotopic (exact) mass is 285 g/mol. The van der Waals surface area contributed by atoms with Crippen LogP contribution < -0.4 is 10.1 Å². The first kappa shape index (κ1) is 15.4. The van der Waals surface area contributed by atoms with E-state index >= 15 is 0 Å². The van der Waals surface area contributed by atoms with Gasteiger partial charge in [0.15, 0.2) is 0 Å². The Morgan fingerprint density at radius 1 is 1.29 bits per heavy atom. The van der Waals surface area contributed by atoms with E-state index in [1.165, 1.54) is 5.56 Å². The molecule has 0 amide bonds. The molecule has 4 heteroatoms. The largest absolute Gasteiger partial charge is 0.424 e. The number of nitrogens with zero attached hydrogens (tertiary/aromatic N) is 2. The highest BCUT2D eigenvalue weighted by Gasteiger charge is 2.06. The zero-order valence-corrected chi connectivity index (χ0v) is 13.2. The molecule has 21 heavy (non-hydrogen) atoms. The van der Waals surface area contributed by atoms with E-state index in [4.69, 9.17) is 4.74 Å². The lowest BCUT2D eigenvalue weighted by Crippen LogP contribution is -2.22. The minimum atomic E-state index is 0.397. The number of benzene rings is 1. The summed E-state index contributed by atoms with van der Waals surface area (Å²) in [6.45, 7) is 9.11. The van der Waals surface area contributed by atoms with Gasteiger partial charge in [0.05, 0.1) is 0 Å². The minimum Gasteiger partial charge on any atom is -0.424 e. The smallest absolute Gasteiger partial charge is 0.322 e. The van der Waals surface area contributed by atoms with Crippen LogP contribution in [0.3, 0.4) is 0 Å². The third-order valence-corrected chi connectivity index (χ3v) is 3.28. The van der Waals surface area contributed by atoms with Gasteiger partial charge >= 0.3 is 6.01 Å². The number of aryl methyl sites for hydroxylation is 2. The van der Waals surface area contributed by atoms with Crippen molar-refractivity contribution in [1.82, 2.24) is 15.3 Å². The van der Waals surface area contributed by atoms with Crippen molar-refractivity contribution in [3.63, 3.8) is 0 Å². The standard InChI is InChI=1S/C17H23N3O/c1-5-14-7-6-8-16(9-14)21-17-19-11-15(13(4)20-17)10-18-12(2)3/h6-9,11-12,18H,5,10H2,1-4H3. The zero-order valence-electron chi connectivity index (χ0n) is 13.2. The molecule has 0 fully saturated rings. The van der Waals surface area contributed by atoms with Crippen LogP contribution in [0.15, 0.2) is 30.5 Å². The summed E-state index contributed by atoms with van der Waals surface area (Å²) in [6, 6.07) is 8.85. The number of ether oxygens (including phenoxy) is 1. The van der Waals surface area contributed by atoms with Crippen molar-refractivity contribution in [1.29, 1.82) is 0 Å². The quantitative estimate of drug-likeness (QED) is 0.880. The molecule has 0 bridgehead atoms. The average molecular weight is 285 g/mol. The average Bonchev–Trinajstić information content (AvgIpc) is 2.46. The normalized spacial score (nSPS) is 10.9. The van der Waals surface area contributed by atoms with E-state index in [0.717, 1.165) is 30.0 Å². The van der Waals surface area contributed by atoms with Crippen LogP contribution in [0.5, 0.6) is 11.8 Å². The fraction of sp³-hybridized carbons (Fsp3) is 0.412. The highest BCUT2D eigenvalue weighted by Crippen LogP contribution is 2.20. The van der Waals surface area contributed by atoms with E-state index < -0.39 is 0 Å². The van der Waals surface area contributed by atoms with Gasteiger partial charge in [-0.05, 0) is 31.0 Å². The Morgan fingerprint density at radius 2 is 2.10 bits per heavy atom. The van der Waals surface area contributed by atoms with Crippen LogP contribution in [-0.4, -0.2) is 16.0 Å². The maximum absolute atomic E-state index is 5.74. The van der Waals surface area contributed by atoms with Gasteiger partial charge in [0.1, 0.15) is 5.75 Å². The predicted molar refractivity (Wildman–Crippen MR) is 84.6 cm³/mol. The summed E-state index contributed by atoms with van der Waals surface area (Å²) in [5.74, 6) is 0.779. The van der Waals surface area contributed by atoms with Gasteiger partial charge in [-0.25, -0.2) is 4.98 Å². The number of hydrogen-bond donors (Lipinski definition) is 1. The Balaban J connectivity index is 2.09. The Hall–Kier alpha value is -1.94. The SMILES string of the molecule is CCc1cccc(Oc2ncc(CNC(C)C)c(C)n2)c1. The molecule has 1 aromatic carbocycles. The third kappa shape index (κ3) is 4.53. The molecule has 0 saturated heterocycles. The van der Waals surface area contributed by atoms with E-state index in [-0.39, 0.29) is 0 Å². The molecule has 0 unspecified atom stereocenters. The minimum absolute atomic E-state index is 0.397. The molecule has 4 nitrogen and oxygen atoms in total. The summed E-state index contributed by atoms with van der Waals surface area (Å²) < 4.78 is 5.74. The Morgan fingerprint density at radius 3 is 2.76 bits per heavy atom. The highest BCUT2D eigenvalue weighted by atomic mass is 16.5. The predicted octanol–water partition coefficient (Wildman–Crippen LogP) is 3.64. The lowest BCUT2D eigenvalue weighted by atomic mass is 10.2. The van der Waals surface area contributed by atoms with Crippen molar-refractivity contribution in [3.05, 3.63) is 47.3 Å². The maximum Gasteiger partial charge on any atom is 0.322 e. The van der Waals surface area contributed by atoms with Crippen molar-refractivity contribution >= 4 is 0 Å². The van der Waals surface area contributed by atoms with Crippen molar-refractivity contribution in [2.45, 2.75) is 46.7 Å². The molecule has 0 aliphatic heterocycles. The highest BCUT2D eigenvalue weighted by molar-refractivity contribution is 5.30. The molecule has 112 valence electrons. The van der Waals surface area contributed by atoms with Crippen molar-refractivity contribution < 1.29 is 4.74 Å². The van der Waals surface area contributed by atoms with Crippen LogP contribution in [-0.2, 0) is 13.0 Å². The Kier molecular flexibility index (Phi) is 5.28. The summed E-state index contributed by atoms with van der Waals surface area (Å²) in [5, 5.41) is 3.37. The molecule has 2 rings (SSSR count). The molecule has 0 saturated carbocycles. The second-order valence-corrected chi connectivity index (χ2v) is 5.40. The molecule has 1 N–H and O–H groups in total. The van der Waals surface area contributed by atoms with E-state index in [2.05, 4.69) is 42.1 Å². The van der Waals surface area contributed by atoms with Gasteiger partial charge in [0, 0.05) is 30.0 Å². The molecule has 0 atom stereocenters. The van der Waals surface area contributed by atoms with Crippen molar-refractivity contribution in [3.8, 4) is 11.8 Å². The van der Waals surface area contributed by atoms with E-state index in [0.29, 0.717) is 12.1 Å². The fourth-order valence-electron chi connectivity index (χ4n) is 1.94. The van der Waals surface area contributed by atoms with Crippen LogP contribution in [0.4, 0.5) is 0 Å². The molecule has 0 radical (unpaired) electrons. The number of rotatable bonds is 6. The molecule has 0 aliphatic carbocycles. The van der Waals surface area contributed by atoms with Crippen molar-refractivity contribution in [2.75, 3.05) is 0 Å². The van der Waals surface area contributed by atoms with Gasteiger partial charge in [0.2, 0.25) is 0 Å². The summed E-state index contributed by atoms with van der Waals surface area (Å²) >= 11 is 0. The number of nitrogens with one attached hydrogen (secondary N) is 1. The first-order valence-corrected chi connectivity index (χ1v) is 7.41. The maximum atomic E-state index is 5.74. The van der Waals surface area contributed by atoms with Gasteiger partial charge in [-0.3, -0.25) is 0 Å². The summed E-state index contributed by atoms with van der Waals surface area (Å²) in [4.78, 5) is 8.72. The lowest BCUT2D eigenvalue weighted by Gasteiger charge is -2.11. The van der Waals surface area contributed by atoms with E-state index in [1.807, 2.05) is 31.3 Å². The first-order valence-electron chi connectivity index (χ1n) is 7.41. The topological polar surface area (TPSA) is 47.0 Å². The van der Waals surface area contributed by atoms with Gasteiger partial charge in [-0.1, -0.05) is 32.9 Å². The fourth-order valence-corrected chi connectivity index (χ4v) is 1.94. The molecule has 0 aliphatic rings. The third-order valence-electron chi connectivity index (χ3n) is 3.28.